The van der Waals surface area contributed by atoms with E-state index < -0.39 is 0 Å². The van der Waals surface area contributed by atoms with Crippen molar-refractivity contribution >= 4 is 12.4 Å². The summed E-state index contributed by atoms with van der Waals surface area (Å²) in [7, 11) is 0. The van der Waals surface area contributed by atoms with Gasteiger partial charge >= 0.3 is 0 Å². The Bertz CT molecular complexity index is 341. The van der Waals surface area contributed by atoms with Gasteiger partial charge in [0.05, 0.1) is 6.61 Å². The van der Waals surface area contributed by atoms with E-state index in [1.807, 2.05) is 12.1 Å². The third kappa shape index (κ3) is 6.29. The van der Waals surface area contributed by atoms with Crippen LogP contribution in [0.2, 0.25) is 0 Å². The highest BCUT2D eigenvalue weighted by Gasteiger charge is 2.00. The SMILES string of the molecule is O=COCCCC(=O)NCCc1ccncc1. The van der Waals surface area contributed by atoms with Crippen LogP contribution in [0, 0.1) is 0 Å². The summed E-state index contributed by atoms with van der Waals surface area (Å²) in [6.07, 6.45) is 5.19. The van der Waals surface area contributed by atoms with E-state index in [2.05, 4.69) is 15.0 Å². The maximum absolute atomic E-state index is 11.3. The summed E-state index contributed by atoms with van der Waals surface area (Å²) >= 11 is 0. The molecule has 92 valence electrons. The standard InChI is InChI=1S/C12H16N2O3/c15-10-17-9-1-2-12(16)14-8-5-11-3-6-13-7-4-11/h3-4,6-7,10H,1-2,5,8-9H2,(H,14,16). The van der Waals surface area contributed by atoms with Crippen molar-refractivity contribution < 1.29 is 14.3 Å². The number of nitrogens with one attached hydrogen (secondary N) is 1. The van der Waals surface area contributed by atoms with Gasteiger partial charge in [0.25, 0.3) is 6.47 Å². The number of nitrogens with zero attached hydrogens (tertiary/aromatic N) is 1. The van der Waals surface area contributed by atoms with Crippen molar-refractivity contribution in [3.05, 3.63) is 30.1 Å². The Morgan fingerprint density at radius 2 is 2.18 bits per heavy atom. The Morgan fingerprint density at radius 3 is 2.88 bits per heavy atom. The third-order valence-corrected chi connectivity index (χ3v) is 2.22. The summed E-state index contributed by atoms with van der Waals surface area (Å²) in [6, 6.07) is 3.84. The highest BCUT2D eigenvalue weighted by atomic mass is 16.5. The Labute approximate surface area is 100 Å². The summed E-state index contributed by atoms with van der Waals surface area (Å²) in [4.78, 5) is 25.1. The molecule has 0 atom stereocenters. The Morgan fingerprint density at radius 1 is 1.41 bits per heavy atom. The van der Waals surface area contributed by atoms with Gasteiger partial charge in [0.15, 0.2) is 0 Å². The van der Waals surface area contributed by atoms with Crippen molar-refractivity contribution in [2.75, 3.05) is 13.2 Å². The number of carbonyl (C=O) groups is 2. The number of carbonyl (C=O) groups excluding carboxylic acids is 2. The van der Waals surface area contributed by atoms with E-state index in [1.165, 1.54) is 0 Å². The highest BCUT2D eigenvalue weighted by molar-refractivity contribution is 5.75. The molecule has 17 heavy (non-hydrogen) atoms. The van der Waals surface area contributed by atoms with Gasteiger partial charge in [-0.1, -0.05) is 0 Å². The molecule has 0 aliphatic heterocycles. The normalized spacial score (nSPS) is 9.65. The lowest BCUT2D eigenvalue weighted by Gasteiger charge is -2.04. The van der Waals surface area contributed by atoms with E-state index >= 15 is 0 Å². The number of ether oxygens (including phenoxy) is 1. The second kappa shape index (κ2) is 8.27. The smallest absolute Gasteiger partial charge is 0.293 e. The van der Waals surface area contributed by atoms with Crippen LogP contribution >= 0.6 is 0 Å². The lowest BCUT2D eigenvalue weighted by atomic mass is 10.2. The topological polar surface area (TPSA) is 68.3 Å². The molecule has 0 fully saturated rings. The van der Waals surface area contributed by atoms with Gasteiger partial charge in [0, 0.05) is 25.4 Å². The van der Waals surface area contributed by atoms with Crippen molar-refractivity contribution in [1.82, 2.24) is 10.3 Å². The maximum atomic E-state index is 11.3. The second-order valence-electron chi connectivity index (χ2n) is 3.53. The molecule has 0 saturated carbocycles. The van der Waals surface area contributed by atoms with Gasteiger partial charge in [-0.25, -0.2) is 0 Å². The lowest BCUT2D eigenvalue weighted by Crippen LogP contribution is -2.25. The quantitative estimate of drug-likeness (QED) is 0.532. The molecule has 5 nitrogen and oxygen atoms in total. The van der Waals surface area contributed by atoms with Gasteiger partial charge in [-0.05, 0) is 30.5 Å². The molecule has 0 spiro atoms. The van der Waals surface area contributed by atoms with Crippen LogP contribution in [0.25, 0.3) is 0 Å². The number of rotatable bonds is 8. The van der Waals surface area contributed by atoms with E-state index in [0.29, 0.717) is 32.5 Å². The first-order valence-corrected chi connectivity index (χ1v) is 5.54. The summed E-state index contributed by atoms with van der Waals surface area (Å²) in [5.74, 6) is -0.0199. The fourth-order valence-electron chi connectivity index (χ4n) is 1.35. The summed E-state index contributed by atoms with van der Waals surface area (Å²) in [6.45, 7) is 1.29. The van der Waals surface area contributed by atoms with Crippen LogP contribution in [0.5, 0.6) is 0 Å². The predicted molar refractivity (Wildman–Crippen MR) is 62.2 cm³/mol. The first-order valence-electron chi connectivity index (χ1n) is 5.54. The number of pyridine rings is 1. The molecule has 0 aliphatic carbocycles. The third-order valence-electron chi connectivity index (χ3n) is 2.22. The summed E-state index contributed by atoms with van der Waals surface area (Å²) in [5.41, 5.74) is 1.14. The zero-order valence-corrected chi connectivity index (χ0v) is 9.59. The van der Waals surface area contributed by atoms with Crippen LogP contribution in [0.15, 0.2) is 24.5 Å². The molecular formula is C12H16N2O3. The van der Waals surface area contributed by atoms with Crippen LogP contribution in [-0.2, 0) is 20.7 Å². The Balaban J connectivity index is 2.06. The number of amides is 1. The molecule has 0 unspecified atom stereocenters. The Hall–Kier alpha value is -1.91. The highest BCUT2D eigenvalue weighted by Crippen LogP contribution is 1.96. The van der Waals surface area contributed by atoms with Crippen LogP contribution in [0.4, 0.5) is 0 Å². The van der Waals surface area contributed by atoms with Crippen molar-refractivity contribution in [1.29, 1.82) is 0 Å². The van der Waals surface area contributed by atoms with Crippen LogP contribution in [-0.4, -0.2) is 30.5 Å². The lowest BCUT2D eigenvalue weighted by molar-refractivity contribution is -0.130. The maximum Gasteiger partial charge on any atom is 0.293 e. The largest absolute Gasteiger partial charge is 0.468 e. The Kier molecular flexibility index (Phi) is 6.40. The molecule has 1 rings (SSSR count). The zero-order valence-electron chi connectivity index (χ0n) is 9.59. The van der Waals surface area contributed by atoms with E-state index in [9.17, 15) is 9.59 Å². The fourth-order valence-corrected chi connectivity index (χ4v) is 1.35. The summed E-state index contributed by atoms with van der Waals surface area (Å²) in [5, 5.41) is 2.80. The molecule has 0 bridgehead atoms. The van der Waals surface area contributed by atoms with Gasteiger partial charge in [-0.15, -0.1) is 0 Å². The minimum Gasteiger partial charge on any atom is -0.468 e. The van der Waals surface area contributed by atoms with E-state index in [0.717, 1.165) is 12.0 Å². The van der Waals surface area contributed by atoms with E-state index in [-0.39, 0.29) is 5.91 Å². The van der Waals surface area contributed by atoms with Crippen molar-refractivity contribution in [3.63, 3.8) is 0 Å². The molecule has 5 heteroatoms. The monoisotopic (exact) mass is 236 g/mol. The van der Waals surface area contributed by atoms with Gasteiger partial charge in [-0.2, -0.15) is 0 Å². The van der Waals surface area contributed by atoms with Crippen molar-refractivity contribution in [2.24, 2.45) is 0 Å². The molecule has 1 aromatic heterocycles. The number of aromatic nitrogens is 1. The number of hydrogen-bond acceptors (Lipinski definition) is 4. The molecule has 1 heterocycles. The van der Waals surface area contributed by atoms with Gasteiger partial charge in [-0.3, -0.25) is 14.6 Å². The second-order valence-corrected chi connectivity index (χ2v) is 3.53. The molecule has 0 aliphatic rings. The molecule has 0 radical (unpaired) electrons. The minimum atomic E-state index is -0.0199. The average molecular weight is 236 g/mol. The predicted octanol–water partition coefficient (Wildman–Crippen LogP) is 0.693. The molecule has 0 saturated heterocycles. The van der Waals surface area contributed by atoms with E-state index in [1.54, 1.807) is 12.4 Å². The van der Waals surface area contributed by atoms with Crippen LogP contribution in [0.1, 0.15) is 18.4 Å². The van der Waals surface area contributed by atoms with Crippen molar-refractivity contribution in [2.45, 2.75) is 19.3 Å². The first kappa shape index (κ1) is 13.2. The van der Waals surface area contributed by atoms with Gasteiger partial charge < -0.3 is 10.1 Å². The number of hydrogen-bond donors (Lipinski definition) is 1. The molecule has 1 amide bonds. The van der Waals surface area contributed by atoms with Crippen LogP contribution in [0.3, 0.4) is 0 Å². The summed E-state index contributed by atoms with van der Waals surface area (Å²) < 4.78 is 4.49. The molecule has 0 aromatic carbocycles. The molecular weight excluding hydrogens is 220 g/mol. The van der Waals surface area contributed by atoms with Crippen LogP contribution < -0.4 is 5.32 Å². The van der Waals surface area contributed by atoms with Crippen molar-refractivity contribution in [3.8, 4) is 0 Å². The first-order chi connectivity index (χ1) is 8.33. The molecule has 1 aromatic rings. The van der Waals surface area contributed by atoms with Gasteiger partial charge in [0.2, 0.25) is 5.91 Å². The van der Waals surface area contributed by atoms with E-state index in [4.69, 9.17) is 0 Å². The fraction of sp³-hybridized carbons (Fsp3) is 0.417. The molecule has 1 N–H and O–H groups in total. The van der Waals surface area contributed by atoms with Gasteiger partial charge in [0.1, 0.15) is 0 Å². The zero-order chi connectivity index (χ0) is 12.3. The minimum absolute atomic E-state index is 0.0199. The average Bonchev–Trinajstić information content (AvgIpc) is 2.36.